The van der Waals surface area contributed by atoms with Crippen LogP contribution in [0.4, 0.5) is 0 Å². The smallest absolute Gasteiger partial charge is 0.0503 e. The molecule has 27 heavy (non-hydrogen) atoms. The van der Waals surface area contributed by atoms with E-state index in [1.807, 2.05) is 11.3 Å². The summed E-state index contributed by atoms with van der Waals surface area (Å²) in [7, 11) is 2.19. The second kappa shape index (κ2) is 5.84. The summed E-state index contributed by atoms with van der Waals surface area (Å²) in [6.45, 7) is 0. The van der Waals surface area contributed by atoms with Crippen LogP contribution in [-0.2, 0) is 7.05 Å². The van der Waals surface area contributed by atoms with Gasteiger partial charge in [-0.2, -0.15) is 0 Å². The Kier molecular flexibility index (Phi) is 3.40. The molecule has 5 aromatic rings. The van der Waals surface area contributed by atoms with E-state index >= 15 is 0 Å². The average molecular weight is 370 g/mol. The van der Waals surface area contributed by atoms with Crippen molar-refractivity contribution in [3.63, 3.8) is 0 Å². The van der Waals surface area contributed by atoms with Gasteiger partial charge in [-0.3, -0.25) is 0 Å². The molecule has 0 N–H and O–H groups in total. The largest absolute Gasteiger partial charge is 0.344 e. The fraction of sp³-hybridized carbons (Fsp3) is 0.280. The van der Waals surface area contributed by atoms with Crippen molar-refractivity contribution in [3.05, 3.63) is 60.2 Å². The van der Waals surface area contributed by atoms with Crippen LogP contribution in [0.5, 0.6) is 0 Å². The van der Waals surface area contributed by atoms with E-state index in [-0.39, 0.29) is 0 Å². The lowest BCUT2D eigenvalue weighted by Gasteiger charge is -2.22. The number of rotatable bonds is 1. The number of nitrogens with zero attached hydrogens (tertiary/aromatic N) is 1. The second-order valence-electron chi connectivity index (χ2n) is 8.07. The predicted molar refractivity (Wildman–Crippen MR) is 119 cm³/mol. The van der Waals surface area contributed by atoms with Crippen LogP contribution in [0.3, 0.4) is 0 Å². The molecule has 1 aliphatic carbocycles. The standard InChI is InChI=1S/C25H23NS/c1-26-20-12-6-5-10-18(20)24-21(26)15-14-19-23-17(16-8-3-2-4-9-16)11-7-13-22(23)27-25(19)24/h5-7,10-16H,2-4,8-9H2,1H3. The number of aryl methyl sites for hydroxylation is 1. The molecule has 0 aliphatic heterocycles. The third-order valence-corrected chi connectivity index (χ3v) is 7.80. The van der Waals surface area contributed by atoms with Crippen LogP contribution in [-0.4, -0.2) is 4.57 Å². The molecule has 2 heteroatoms. The molecular weight excluding hydrogens is 346 g/mol. The predicted octanol–water partition coefficient (Wildman–Crippen LogP) is 7.75. The molecule has 6 rings (SSSR count). The Hall–Kier alpha value is -2.32. The van der Waals surface area contributed by atoms with E-state index in [1.165, 1.54) is 74.1 Å². The highest BCUT2D eigenvalue weighted by molar-refractivity contribution is 7.26. The fourth-order valence-corrected chi connectivity index (χ4v) is 6.60. The first kappa shape index (κ1) is 15.7. The Balaban J connectivity index is 1.75. The van der Waals surface area contributed by atoms with Crippen LogP contribution in [0.1, 0.15) is 43.6 Å². The van der Waals surface area contributed by atoms with Gasteiger partial charge in [-0.05, 0) is 42.5 Å². The molecule has 0 amide bonds. The topological polar surface area (TPSA) is 4.93 Å². The minimum absolute atomic E-state index is 0.739. The Morgan fingerprint density at radius 3 is 2.52 bits per heavy atom. The zero-order valence-electron chi connectivity index (χ0n) is 15.7. The van der Waals surface area contributed by atoms with Crippen molar-refractivity contribution < 1.29 is 0 Å². The van der Waals surface area contributed by atoms with Gasteiger partial charge in [0.2, 0.25) is 0 Å². The molecule has 1 fully saturated rings. The summed E-state index contributed by atoms with van der Waals surface area (Å²) >= 11 is 1.98. The van der Waals surface area contributed by atoms with Gasteiger partial charge >= 0.3 is 0 Å². The molecule has 0 spiro atoms. The quantitative estimate of drug-likeness (QED) is 0.285. The average Bonchev–Trinajstić information content (AvgIpc) is 3.25. The van der Waals surface area contributed by atoms with E-state index < -0.39 is 0 Å². The van der Waals surface area contributed by atoms with Gasteiger partial charge in [0.15, 0.2) is 0 Å². The summed E-state index contributed by atoms with van der Waals surface area (Å²) in [6, 6.07) is 20.5. The van der Waals surface area contributed by atoms with E-state index in [2.05, 4.69) is 66.2 Å². The summed E-state index contributed by atoms with van der Waals surface area (Å²) < 4.78 is 5.26. The summed E-state index contributed by atoms with van der Waals surface area (Å²) in [5.74, 6) is 0.739. The highest BCUT2D eigenvalue weighted by atomic mass is 32.1. The van der Waals surface area contributed by atoms with Gasteiger partial charge < -0.3 is 4.57 Å². The van der Waals surface area contributed by atoms with Crippen LogP contribution in [0.15, 0.2) is 54.6 Å². The van der Waals surface area contributed by atoms with Crippen molar-refractivity contribution >= 4 is 53.3 Å². The fourth-order valence-electron chi connectivity index (χ4n) is 5.31. The van der Waals surface area contributed by atoms with Crippen molar-refractivity contribution in [1.82, 2.24) is 4.57 Å². The first-order chi connectivity index (χ1) is 13.3. The number of hydrogen-bond donors (Lipinski definition) is 0. The molecule has 3 aromatic carbocycles. The summed E-state index contributed by atoms with van der Waals surface area (Å²) in [6.07, 6.45) is 6.89. The van der Waals surface area contributed by atoms with Crippen molar-refractivity contribution in [1.29, 1.82) is 0 Å². The third kappa shape index (κ3) is 2.17. The minimum Gasteiger partial charge on any atom is -0.344 e. The number of thiophene rings is 1. The molecule has 2 aromatic heterocycles. The third-order valence-electron chi connectivity index (χ3n) is 6.62. The molecule has 1 nitrogen and oxygen atoms in total. The van der Waals surface area contributed by atoms with Crippen molar-refractivity contribution in [2.24, 2.45) is 7.05 Å². The molecule has 2 heterocycles. The Morgan fingerprint density at radius 2 is 1.63 bits per heavy atom. The lowest BCUT2D eigenvalue weighted by atomic mass is 9.82. The van der Waals surface area contributed by atoms with Crippen molar-refractivity contribution in [2.75, 3.05) is 0 Å². The van der Waals surface area contributed by atoms with Crippen LogP contribution in [0.25, 0.3) is 42.0 Å². The zero-order valence-corrected chi connectivity index (χ0v) is 16.5. The molecule has 0 atom stereocenters. The molecule has 1 aliphatic rings. The number of benzene rings is 3. The number of para-hydroxylation sites is 1. The Morgan fingerprint density at radius 1 is 0.778 bits per heavy atom. The first-order valence-electron chi connectivity index (χ1n) is 10.1. The van der Waals surface area contributed by atoms with Gasteiger partial charge in [-0.15, -0.1) is 11.3 Å². The van der Waals surface area contributed by atoms with E-state index in [0.717, 1.165) is 5.92 Å². The second-order valence-corrected chi connectivity index (χ2v) is 9.12. The van der Waals surface area contributed by atoms with Crippen LogP contribution < -0.4 is 0 Å². The molecule has 0 bridgehead atoms. The van der Waals surface area contributed by atoms with Gasteiger partial charge in [0.05, 0.1) is 5.52 Å². The molecule has 134 valence electrons. The molecule has 0 saturated heterocycles. The van der Waals surface area contributed by atoms with Crippen molar-refractivity contribution in [3.8, 4) is 0 Å². The molecule has 0 radical (unpaired) electrons. The van der Waals surface area contributed by atoms with Crippen molar-refractivity contribution in [2.45, 2.75) is 38.0 Å². The van der Waals surface area contributed by atoms with Gasteiger partial charge in [-0.25, -0.2) is 0 Å². The van der Waals surface area contributed by atoms with Crippen LogP contribution in [0.2, 0.25) is 0 Å². The first-order valence-corrected chi connectivity index (χ1v) is 11.0. The molecular formula is C25H23NS. The minimum atomic E-state index is 0.739. The maximum absolute atomic E-state index is 2.40. The van der Waals surface area contributed by atoms with Gasteiger partial charge in [0.25, 0.3) is 0 Å². The monoisotopic (exact) mass is 369 g/mol. The number of aromatic nitrogens is 1. The van der Waals surface area contributed by atoms with E-state index in [9.17, 15) is 0 Å². The van der Waals surface area contributed by atoms with Crippen LogP contribution >= 0.6 is 11.3 Å². The van der Waals surface area contributed by atoms with E-state index in [4.69, 9.17) is 0 Å². The molecule has 1 saturated carbocycles. The van der Waals surface area contributed by atoms with Gasteiger partial charge in [0, 0.05) is 43.5 Å². The van der Waals surface area contributed by atoms with E-state index in [0.29, 0.717) is 0 Å². The highest BCUT2D eigenvalue weighted by Gasteiger charge is 2.21. The number of hydrogen-bond acceptors (Lipinski definition) is 1. The lowest BCUT2D eigenvalue weighted by molar-refractivity contribution is 0.445. The van der Waals surface area contributed by atoms with Gasteiger partial charge in [0.1, 0.15) is 0 Å². The maximum Gasteiger partial charge on any atom is 0.0503 e. The lowest BCUT2D eigenvalue weighted by Crippen LogP contribution is -2.04. The summed E-state index contributed by atoms with van der Waals surface area (Å²) in [5.41, 5.74) is 4.26. The zero-order chi connectivity index (χ0) is 18.0. The molecule has 0 unspecified atom stereocenters. The van der Waals surface area contributed by atoms with E-state index in [1.54, 1.807) is 5.56 Å². The summed E-state index contributed by atoms with van der Waals surface area (Å²) in [5, 5.41) is 5.80. The van der Waals surface area contributed by atoms with Gasteiger partial charge in [-0.1, -0.05) is 55.7 Å². The maximum atomic E-state index is 2.40. The Labute approximate surface area is 163 Å². The highest BCUT2D eigenvalue weighted by Crippen LogP contribution is 2.46. The number of fused-ring (bicyclic) bond motifs is 7. The summed E-state index contributed by atoms with van der Waals surface area (Å²) in [4.78, 5) is 0. The SMILES string of the molecule is Cn1c2ccccc2c2c3sc4cccc(C5CCCCC5)c4c3ccc21. The van der Waals surface area contributed by atoms with Crippen LogP contribution in [0, 0.1) is 0 Å². The Bertz CT molecular complexity index is 1310. The normalized spacial score (nSPS) is 16.2.